The maximum absolute atomic E-state index is 13.0. The number of carbonyl (C=O) groups is 1. The van der Waals surface area contributed by atoms with E-state index in [2.05, 4.69) is 22.9 Å². The summed E-state index contributed by atoms with van der Waals surface area (Å²) < 4.78 is 11.2. The molecule has 0 radical (unpaired) electrons. The number of thiocarbonyl (C=S) groups is 1. The van der Waals surface area contributed by atoms with Crippen LogP contribution in [0.25, 0.3) is 0 Å². The summed E-state index contributed by atoms with van der Waals surface area (Å²) in [5.74, 6) is -0.570. The molecule has 9 heteroatoms. The fraction of sp³-hybridized carbons (Fsp3) is 0.667. The Balaban J connectivity index is 2.21. The van der Waals surface area contributed by atoms with E-state index in [0.717, 1.165) is 19.3 Å². The van der Waals surface area contributed by atoms with Gasteiger partial charge in [0.25, 0.3) is 0 Å². The lowest BCUT2D eigenvalue weighted by atomic mass is 10.0. The molecular formula is C24H37Cl3FN3OS. The molecular weight excluding hydrogens is 504 g/mol. The van der Waals surface area contributed by atoms with E-state index in [4.69, 9.17) is 47.0 Å². The molecule has 0 fully saturated rings. The highest BCUT2D eigenvalue weighted by molar-refractivity contribution is 7.80. The number of rotatable bonds is 16. The smallest absolute Gasteiger partial charge is 0.228 e. The molecule has 0 aromatic heterocycles. The highest BCUT2D eigenvalue weighted by atomic mass is 35.6. The van der Waals surface area contributed by atoms with Crippen molar-refractivity contribution in [3.63, 3.8) is 0 Å². The maximum Gasteiger partial charge on any atom is 0.228 e. The second-order valence-electron chi connectivity index (χ2n) is 8.29. The minimum Gasteiger partial charge on any atom is -0.339 e. The third-order valence-corrected chi connectivity index (χ3v) is 6.14. The average Bonchev–Trinajstić information content (AvgIpc) is 2.75. The van der Waals surface area contributed by atoms with Crippen LogP contribution in [0.4, 0.5) is 10.1 Å². The van der Waals surface area contributed by atoms with Crippen LogP contribution in [0, 0.1) is 5.82 Å². The number of unbranched alkanes of at least 4 members (excludes halogenated alkanes) is 11. The highest BCUT2D eigenvalue weighted by Gasteiger charge is 2.34. The molecule has 0 aliphatic carbocycles. The van der Waals surface area contributed by atoms with Gasteiger partial charge in [0.15, 0.2) is 5.11 Å². The van der Waals surface area contributed by atoms with Crippen molar-refractivity contribution >= 4 is 63.7 Å². The summed E-state index contributed by atoms with van der Waals surface area (Å²) in [5, 5.41) is 8.49. The Morgan fingerprint density at radius 1 is 0.879 bits per heavy atom. The zero-order valence-electron chi connectivity index (χ0n) is 19.4. The van der Waals surface area contributed by atoms with Crippen molar-refractivity contribution in [3.8, 4) is 0 Å². The summed E-state index contributed by atoms with van der Waals surface area (Å²) in [6.07, 6.45) is 14.1. The van der Waals surface area contributed by atoms with Gasteiger partial charge in [0.05, 0.1) is 0 Å². The molecule has 0 unspecified atom stereocenters. The molecule has 1 aromatic carbocycles. The van der Waals surface area contributed by atoms with Crippen LogP contribution < -0.4 is 16.0 Å². The fourth-order valence-corrected chi connectivity index (χ4v) is 3.95. The van der Waals surface area contributed by atoms with Gasteiger partial charge in [-0.3, -0.25) is 4.79 Å². The minimum absolute atomic E-state index is 0.142. The Morgan fingerprint density at radius 2 is 1.36 bits per heavy atom. The number of hydrogen-bond donors (Lipinski definition) is 3. The first-order chi connectivity index (χ1) is 15.7. The quantitative estimate of drug-likeness (QED) is 0.0860. The second-order valence-corrected chi connectivity index (χ2v) is 11.1. The Hall–Kier alpha value is -0.820. The van der Waals surface area contributed by atoms with E-state index >= 15 is 0 Å². The highest BCUT2D eigenvalue weighted by Crippen LogP contribution is 2.29. The van der Waals surface area contributed by atoms with Gasteiger partial charge in [0, 0.05) is 12.1 Å². The molecule has 0 heterocycles. The van der Waals surface area contributed by atoms with Gasteiger partial charge in [-0.15, -0.1) is 0 Å². The van der Waals surface area contributed by atoms with Gasteiger partial charge in [-0.1, -0.05) is 112 Å². The van der Waals surface area contributed by atoms with Crippen molar-refractivity contribution < 1.29 is 9.18 Å². The van der Waals surface area contributed by atoms with Crippen molar-refractivity contribution in [2.45, 2.75) is 100 Å². The van der Waals surface area contributed by atoms with Crippen molar-refractivity contribution in [2.24, 2.45) is 0 Å². The molecule has 0 saturated carbocycles. The van der Waals surface area contributed by atoms with E-state index in [1.54, 1.807) is 0 Å². The van der Waals surface area contributed by atoms with Gasteiger partial charge in [-0.2, -0.15) is 0 Å². The van der Waals surface area contributed by atoms with Crippen LogP contribution in [0.1, 0.15) is 90.4 Å². The first-order valence-electron chi connectivity index (χ1n) is 11.9. The van der Waals surface area contributed by atoms with Gasteiger partial charge in [-0.05, 0) is 42.9 Å². The van der Waals surface area contributed by atoms with Crippen molar-refractivity contribution in [3.05, 3.63) is 30.1 Å². The first kappa shape index (κ1) is 30.2. The summed E-state index contributed by atoms with van der Waals surface area (Å²) in [6.45, 7) is 2.24. The van der Waals surface area contributed by atoms with E-state index in [1.165, 1.54) is 82.1 Å². The molecule has 33 heavy (non-hydrogen) atoms. The van der Waals surface area contributed by atoms with Crippen LogP contribution in [-0.2, 0) is 4.79 Å². The lowest BCUT2D eigenvalue weighted by Crippen LogP contribution is -2.56. The molecule has 4 nitrogen and oxygen atoms in total. The SMILES string of the molecule is CCCCCCCCCCCCCCC(=O)N[C@@H](NC(=S)Nc1ccc(F)cc1)C(Cl)(Cl)Cl. The zero-order chi connectivity index (χ0) is 24.5. The van der Waals surface area contributed by atoms with E-state index in [1.807, 2.05) is 0 Å². The Morgan fingerprint density at radius 3 is 1.85 bits per heavy atom. The Labute approximate surface area is 218 Å². The molecule has 3 N–H and O–H groups in total. The molecule has 1 rings (SSSR count). The number of alkyl halides is 3. The maximum atomic E-state index is 13.0. The van der Waals surface area contributed by atoms with Gasteiger partial charge < -0.3 is 16.0 Å². The third kappa shape index (κ3) is 15.7. The number of nitrogens with one attached hydrogen (secondary N) is 3. The number of anilines is 1. The molecule has 0 saturated heterocycles. The zero-order valence-corrected chi connectivity index (χ0v) is 22.5. The number of amides is 1. The molecule has 1 aromatic rings. The van der Waals surface area contributed by atoms with Crippen LogP contribution in [0.5, 0.6) is 0 Å². The number of carbonyl (C=O) groups excluding carboxylic acids is 1. The number of benzene rings is 1. The third-order valence-electron chi connectivity index (χ3n) is 5.27. The summed E-state index contributed by atoms with van der Waals surface area (Å²) in [4.78, 5) is 12.3. The largest absolute Gasteiger partial charge is 0.339 e. The number of hydrogen-bond acceptors (Lipinski definition) is 2. The Kier molecular flexibility index (Phi) is 16.1. The molecule has 188 valence electrons. The lowest BCUT2D eigenvalue weighted by molar-refractivity contribution is -0.122. The molecule has 0 bridgehead atoms. The first-order valence-corrected chi connectivity index (χ1v) is 13.5. The fourth-order valence-electron chi connectivity index (χ4n) is 3.39. The minimum atomic E-state index is -1.80. The van der Waals surface area contributed by atoms with Crippen LogP contribution in [-0.4, -0.2) is 21.0 Å². The second kappa shape index (κ2) is 17.6. The normalized spacial score (nSPS) is 12.3. The average molecular weight is 541 g/mol. The van der Waals surface area contributed by atoms with Crippen LogP contribution >= 0.6 is 47.0 Å². The van der Waals surface area contributed by atoms with Gasteiger partial charge in [0.1, 0.15) is 12.0 Å². The van der Waals surface area contributed by atoms with Gasteiger partial charge >= 0.3 is 0 Å². The van der Waals surface area contributed by atoms with Crippen molar-refractivity contribution in [1.82, 2.24) is 10.6 Å². The Bertz CT molecular complexity index is 687. The molecule has 0 aliphatic rings. The van der Waals surface area contributed by atoms with E-state index in [0.29, 0.717) is 12.1 Å². The van der Waals surface area contributed by atoms with E-state index in [9.17, 15) is 9.18 Å². The van der Waals surface area contributed by atoms with E-state index < -0.39 is 9.96 Å². The monoisotopic (exact) mass is 539 g/mol. The molecule has 1 atom stereocenters. The van der Waals surface area contributed by atoms with Crippen LogP contribution in [0.3, 0.4) is 0 Å². The predicted octanol–water partition coefficient (Wildman–Crippen LogP) is 8.02. The molecule has 0 aliphatic heterocycles. The molecule has 0 spiro atoms. The predicted molar refractivity (Wildman–Crippen MR) is 144 cm³/mol. The molecule has 1 amide bonds. The topological polar surface area (TPSA) is 53.2 Å². The van der Waals surface area contributed by atoms with Gasteiger partial charge in [0.2, 0.25) is 9.70 Å². The van der Waals surface area contributed by atoms with Crippen LogP contribution in [0.2, 0.25) is 0 Å². The van der Waals surface area contributed by atoms with Crippen molar-refractivity contribution in [2.75, 3.05) is 5.32 Å². The summed E-state index contributed by atoms with van der Waals surface area (Å²) in [6, 6.07) is 5.65. The summed E-state index contributed by atoms with van der Waals surface area (Å²) >= 11 is 23.2. The van der Waals surface area contributed by atoms with E-state index in [-0.39, 0.29) is 16.8 Å². The van der Waals surface area contributed by atoms with Crippen molar-refractivity contribution in [1.29, 1.82) is 0 Å². The standard InChI is InChI=1S/C24H37Cl3FN3OS/c1-2-3-4-5-6-7-8-9-10-11-12-13-14-21(32)30-22(24(25,26)27)31-23(33)29-20-17-15-19(28)16-18-20/h15-18,22H,2-14H2,1H3,(H,30,32)(H2,29,31,33)/t22-/m0/s1. The lowest BCUT2D eigenvalue weighted by Gasteiger charge is -2.27. The number of halogens is 4. The summed E-state index contributed by atoms with van der Waals surface area (Å²) in [7, 11) is 0. The van der Waals surface area contributed by atoms with Gasteiger partial charge in [-0.25, -0.2) is 4.39 Å². The summed E-state index contributed by atoms with van der Waals surface area (Å²) in [5.41, 5.74) is 0.569. The van der Waals surface area contributed by atoms with Crippen LogP contribution in [0.15, 0.2) is 24.3 Å².